The van der Waals surface area contributed by atoms with Gasteiger partial charge in [0.25, 0.3) is 0 Å². The maximum Gasteiger partial charge on any atom is 0.153 e. The third kappa shape index (κ3) is 4.51. The second kappa shape index (κ2) is 4.83. The van der Waals surface area contributed by atoms with Gasteiger partial charge in [-0.3, -0.25) is 0 Å². The molecule has 90 valence electrons. The van der Waals surface area contributed by atoms with E-state index in [-0.39, 0.29) is 16.5 Å². The number of sulfone groups is 1. The highest BCUT2D eigenvalue weighted by Crippen LogP contribution is 2.25. The molecule has 1 saturated carbocycles. The lowest BCUT2D eigenvalue weighted by Gasteiger charge is -2.24. The highest BCUT2D eigenvalue weighted by Gasteiger charge is 2.28. The molecule has 0 saturated heterocycles. The predicted octanol–water partition coefficient (Wildman–Crippen LogP) is 1.86. The van der Waals surface area contributed by atoms with E-state index in [1.54, 1.807) is 0 Å². The summed E-state index contributed by atoms with van der Waals surface area (Å²) in [5, 5.41) is -0.0893. The van der Waals surface area contributed by atoms with Crippen LogP contribution in [-0.4, -0.2) is 25.0 Å². The Morgan fingerprint density at radius 3 is 2.20 bits per heavy atom. The molecule has 0 atom stereocenters. The van der Waals surface area contributed by atoms with E-state index in [4.69, 9.17) is 5.73 Å². The van der Waals surface area contributed by atoms with Gasteiger partial charge in [-0.05, 0) is 33.1 Å². The van der Waals surface area contributed by atoms with E-state index in [1.807, 2.05) is 13.8 Å². The first-order valence-corrected chi connectivity index (χ1v) is 7.53. The minimum atomic E-state index is -2.90. The lowest BCUT2D eigenvalue weighted by Crippen LogP contribution is -2.36. The largest absolute Gasteiger partial charge is 0.326 e. The summed E-state index contributed by atoms with van der Waals surface area (Å²) in [6.45, 7) is 3.76. The van der Waals surface area contributed by atoms with E-state index in [2.05, 4.69) is 0 Å². The Labute approximate surface area is 93.3 Å². The van der Waals surface area contributed by atoms with Crippen molar-refractivity contribution in [3.63, 3.8) is 0 Å². The molecule has 15 heavy (non-hydrogen) atoms. The molecule has 0 aromatic carbocycles. The van der Waals surface area contributed by atoms with Gasteiger partial charge in [-0.2, -0.15) is 0 Å². The molecule has 0 bridgehead atoms. The van der Waals surface area contributed by atoms with E-state index < -0.39 is 9.84 Å². The maximum atomic E-state index is 12.0. The van der Waals surface area contributed by atoms with Crippen molar-refractivity contribution in [1.82, 2.24) is 0 Å². The van der Waals surface area contributed by atoms with Crippen LogP contribution < -0.4 is 5.73 Å². The van der Waals surface area contributed by atoms with Gasteiger partial charge in [-0.15, -0.1) is 0 Å². The molecule has 0 unspecified atom stereocenters. The summed E-state index contributed by atoms with van der Waals surface area (Å²) in [5.41, 5.74) is 5.43. The second-order valence-electron chi connectivity index (χ2n) is 5.37. The Balaban J connectivity index is 2.51. The van der Waals surface area contributed by atoms with Crippen LogP contribution in [0, 0.1) is 0 Å². The summed E-state index contributed by atoms with van der Waals surface area (Å²) in [5.74, 6) is 0.251. The van der Waals surface area contributed by atoms with Gasteiger partial charge in [0.05, 0.1) is 11.0 Å². The topological polar surface area (TPSA) is 60.2 Å². The fraction of sp³-hybridized carbons (Fsp3) is 1.00. The summed E-state index contributed by atoms with van der Waals surface area (Å²) in [6.07, 6.45) is 5.59. The van der Waals surface area contributed by atoms with Crippen molar-refractivity contribution >= 4 is 9.84 Å². The van der Waals surface area contributed by atoms with Crippen molar-refractivity contribution in [3.8, 4) is 0 Å². The number of rotatable bonds is 4. The molecule has 1 aliphatic rings. The molecule has 0 aliphatic heterocycles. The van der Waals surface area contributed by atoms with E-state index in [0.29, 0.717) is 6.42 Å². The highest BCUT2D eigenvalue weighted by molar-refractivity contribution is 7.92. The average Bonchev–Trinajstić information content (AvgIpc) is 2.16. The Bertz CT molecular complexity index is 284. The zero-order valence-electron chi connectivity index (χ0n) is 9.83. The fourth-order valence-corrected chi connectivity index (χ4v) is 4.19. The molecule has 1 fully saturated rings. The van der Waals surface area contributed by atoms with Crippen molar-refractivity contribution in [3.05, 3.63) is 0 Å². The van der Waals surface area contributed by atoms with Crippen molar-refractivity contribution in [1.29, 1.82) is 0 Å². The smallest absolute Gasteiger partial charge is 0.153 e. The maximum absolute atomic E-state index is 12.0. The van der Waals surface area contributed by atoms with Gasteiger partial charge in [-0.25, -0.2) is 8.42 Å². The van der Waals surface area contributed by atoms with Crippen molar-refractivity contribution in [2.24, 2.45) is 5.73 Å². The van der Waals surface area contributed by atoms with Gasteiger partial charge in [0.2, 0.25) is 0 Å². The van der Waals surface area contributed by atoms with Gasteiger partial charge < -0.3 is 5.73 Å². The summed E-state index contributed by atoms with van der Waals surface area (Å²) in [6, 6.07) is 0. The Morgan fingerprint density at radius 2 is 1.73 bits per heavy atom. The van der Waals surface area contributed by atoms with Gasteiger partial charge in [0, 0.05) is 5.54 Å². The molecule has 3 nitrogen and oxygen atoms in total. The standard InChI is InChI=1S/C11H23NO2S/c1-11(2,12)8-9-15(13,14)10-6-4-3-5-7-10/h10H,3-9,12H2,1-2H3. The minimum absolute atomic E-state index is 0.0893. The van der Waals surface area contributed by atoms with Crippen LogP contribution in [0.2, 0.25) is 0 Å². The Hall–Kier alpha value is -0.0900. The monoisotopic (exact) mass is 233 g/mol. The molecule has 0 radical (unpaired) electrons. The van der Waals surface area contributed by atoms with Crippen molar-refractivity contribution in [2.45, 2.75) is 63.2 Å². The first kappa shape index (κ1) is 13.0. The third-order valence-electron chi connectivity index (χ3n) is 3.09. The van der Waals surface area contributed by atoms with E-state index in [1.165, 1.54) is 6.42 Å². The lowest BCUT2D eigenvalue weighted by molar-refractivity contribution is 0.468. The molecule has 0 heterocycles. The molecule has 1 aliphatic carbocycles. The summed E-state index contributed by atoms with van der Waals surface area (Å²) >= 11 is 0. The molecule has 0 spiro atoms. The van der Waals surface area contributed by atoms with Crippen LogP contribution in [0.25, 0.3) is 0 Å². The van der Waals surface area contributed by atoms with E-state index >= 15 is 0 Å². The van der Waals surface area contributed by atoms with Crippen LogP contribution in [0.3, 0.4) is 0 Å². The quantitative estimate of drug-likeness (QED) is 0.806. The number of hydrogen-bond donors (Lipinski definition) is 1. The van der Waals surface area contributed by atoms with Gasteiger partial charge >= 0.3 is 0 Å². The van der Waals surface area contributed by atoms with Gasteiger partial charge in [0.15, 0.2) is 9.84 Å². The van der Waals surface area contributed by atoms with Crippen LogP contribution in [0.15, 0.2) is 0 Å². The molecule has 0 aromatic rings. The predicted molar refractivity (Wildman–Crippen MR) is 63.5 cm³/mol. The van der Waals surface area contributed by atoms with Crippen LogP contribution in [0.1, 0.15) is 52.4 Å². The summed E-state index contributed by atoms with van der Waals surface area (Å²) in [4.78, 5) is 0. The minimum Gasteiger partial charge on any atom is -0.326 e. The first-order valence-electron chi connectivity index (χ1n) is 5.82. The van der Waals surface area contributed by atoms with Crippen LogP contribution in [0.5, 0.6) is 0 Å². The molecular formula is C11H23NO2S. The van der Waals surface area contributed by atoms with E-state index in [0.717, 1.165) is 25.7 Å². The SMILES string of the molecule is CC(C)(N)CCS(=O)(=O)C1CCCCC1. The van der Waals surface area contributed by atoms with Crippen LogP contribution >= 0.6 is 0 Å². The highest BCUT2D eigenvalue weighted by atomic mass is 32.2. The molecule has 4 heteroatoms. The molecule has 0 aromatic heterocycles. The Kier molecular flexibility index (Phi) is 4.18. The third-order valence-corrected chi connectivity index (χ3v) is 5.35. The summed E-state index contributed by atoms with van der Waals surface area (Å²) in [7, 11) is -2.90. The zero-order chi connectivity index (χ0) is 11.5. The van der Waals surface area contributed by atoms with Gasteiger partial charge in [-0.1, -0.05) is 19.3 Å². The summed E-state index contributed by atoms with van der Waals surface area (Å²) < 4.78 is 24.0. The first-order chi connectivity index (χ1) is 6.81. The molecule has 0 amide bonds. The fourth-order valence-electron chi connectivity index (χ4n) is 2.00. The normalized spacial score (nSPS) is 20.5. The second-order valence-corrected chi connectivity index (χ2v) is 7.77. The zero-order valence-corrected chi connectivity index (χ0v) is 10.6. The number of hydrogen-bond acceptors (Lipinski definition) is 3. The Morgan fingerprint density at radius 1 is 1.20 bits per heavy atom. The average molecular weight is 233 g/mol. The van der Waals surface area contributed by atoms with Crippen LogP contribution in [-0.2, 0) is 9.84 Å². The lowest BCUT2D eigenvalue weighted by atomic mass is 10.0. The van der Waals surface area contributed by atoms with Gasteiger partial charge in [0.1, 0.15) is 0 Å². The van der Waals surface area contributed by atoms with Crippen molar-refractivity contribution in [2.75, 3.05) is 5.75 Å². The molecule has 1 rings (SSSR count). The number of nitrogens with two attached hydrogens (primary N) is 1. The van der Waals surface area contributed by atoms with E-state index in [9.17, 15) is 8.42 Å². The molecule has 2 N–H and O–H groups in total. The van der Waals surface area contributed by atoms with Crippen molar-refractivity contribution < 1.29 is 8.42 Å². The molecular weight excluding hydrogens is 210 g/mol. The van der Waals surface area contributed by atoms with Crippen LogP contribution in [0.4, 0.5) is 0 Å².